The van der Waals surface area contributed by atoms with Gasteiger partial charge in [0.2, 0.25) is 5.91 Å². The number of hydrogen-bond acceptors (Lipinski definition) is 3. The van der Waals surface area contributed by atoms with E-state index in [1.54, 1.807) is 35.7 Å². The van der Waals surface area contributed by atoms with E-state index in [9.17, 15) is 22.8 Å². The summed E-state index contributed by atoms with van der Waals surface area (Å²) in [6, 6.07) is 8.07. The molecule has 1 fully saturated rings. The van der Waals surface area contributed by atoms with E-state index in [2.05, 4.69) is 5.32 Å². The first-order valence-electron chi connectivity index (χ1n) is 9.22. The first-order chi connectivity index (χ1) is 13.8. The molecule has 1 aromatic heterocycles. The molecule has 2 amide bonds. The molecule has 1 saturated carbocycles. The molecule has 0 spiro atoms. The summed E-state index contributed by atoms with van der Waals surface area (Å²) in [7, 11) is 0. The Morgan fingerprint density at radius 3 is 2.45 bits per heavy atom. The van der Waals surface area contributed by atoms with Crippen molar-refractivity contribution in [3.63, 3.8) is 0 Å². The van der Waals surface area contributed by atoms with E-state index in [0.717, 1.165) is 37.0 Å². The van der Waals surface area contributed by atoms with Gasteiger partial charge in [-0.3, -0.25) is 9.59 Å². The Kier molecular flexibility index (Phi) is 6.85. The van der Waals surface area contributed by atoms with Gasteiger partial charge in [0.05, 0.1) is 0 Å². The highest BCUT2D eigenvalue weighted by atomic mass is 35.5. The molecule has 156 valence electrons. The largest absolute Gasteiger partial charge is 0.471 e. The third kappa shape index (κ3) is 5.30. The van der Waals surface area contributed by atoms with Gasteiger partial charge in [-0.05, 0) is 35.9 Å². The van der Waals surface area contributed by atoms with Crippen LogP contribution in [0.5, 0.6) is 0 Å². The molecule has 1 N–H and O–H groups in total. The zero-order chi connectivity index (χ0) is 21.0. The van der Waals surface area contributed by atoms with E-state index in [1.807, 2.05) is 0 Å². The van der Waals surface area contributed by atoms with Crippen molar-refractivity contribution in [3.8, 4) is 0 Å². The Hall–Kier alpha value is -2.06. The second-order valence-corrected chi connectivity index (χ2v) is 8.32. The highest BCUT2D eigenvalue weighted by Gasteiger charge is 2.47. The number of nitrogens with one attached hydrogen (secondary N) is 1. The maximum atomic E-state index is 13.4. The maximum Gasteiger partial charge on any atom is 0.471 e. The van der Waals surface area contributed by atoms with Gasteiger partial charge in [0.25, 0.3) is 0 Å². The van der Waals surface area contributed by atoms with Gasteiger partial charge in [0.15, 0.2) is 0 Å². The Labute approximate surface area is 175 Å². The fraction of sp³-hybridized carbons (Fsp3) is 0.400. The van der Waals surface area contributed by atoms with E-state index in [1.165, 1.54) is 6.07 Å². The Morgan fingerprint density at radius 2 is 1.86 bits per heavy atom. The molecule has 0 aliphatic heterocycles. The van der Waals surface area contributed by atoms with Crippen LogP contribution < -0.4 is 5.32 Å². The molecule has 2 aromatic rings. The van der Waals surface area contributed by atoms with Crippen LogP contribution in [0.15, 0.2) is 41.8 Å². The lowest BCUT2D eigenvalue weighted by atomic mass is 10.1. The van der Waals surface area contributed by atoms with Crippen molar-refractivity contribution >= 4 is 34.8 Å². The quantitative estimate of drug-likeness (QED) is 0.674. The fourth-order valence-electron chi connectivity index (χ4n) is 3.47. The molecule has 29 heavy (non-hydrogen) atoms. The van der Waals surface area contributed by atoms with Crippen LogP contribution in [0.25, 0.3) is 0 Å². The van der Waals surface area contributed by atoms with Crippen LogP contribution in [0.4, 0.5) is 13.2 Å². The van der Waals surface area contributed by atoms with E-state index in [0.29, 0.717) is 15.3 Å². The maximum absolute atomic E-state index is 13.4. The van der Waals surface area contributed by atoms with E-state index < -0.39 is 30.6 Å². The molecule has 1 aliphatic carbocycles. The second kappa shape index (κ2) is 9.17. The predicted octanol–water partition coefficient (Wildman–Crippen LogP) is 5.09. The first-order valence-corrected chi connectivity index (χ1v) is 10.5. The van der Waals surface area contributed by atoms with Crippen molar-refractivity contribution in [2.75, 3.05) is 0 Å². The first kappa shape index (κ1) is 21.6. The number of hydrogen-bond donors (Lipinski definition) is 1. The molecular formula is C20H20ClF3N2O2S. The van der Waals surface area contributed by atoms with Crippen molar-refractivity contribution in [3.05, 3.63) is 57.2 Å². The molecule has 0 unspecified atom stereocenters. The molecule has 9 heteroatoms. The van der Waals surface area contributed by atoms with Gasteiger partial charge in [-0.1, -0.05) is 48.7 Å². The van der Waals surface area contributed by atoms with Gasteiger partial charge in [-0.15, -0.1) is 11.3 Å². The van der Waals surface area contributed by atoms with Crippen molar-refractivity contribution in [2.24, 2.45) is 0 Å². The van der Waals surface area contributed by atoms with Crippen LogP contribution in [0, 0.1) is 0 Å². The molecule has 0 bridgehead atoms. The molecule has 1 aromatic carbocycles. The second-order valence-electron chi connectivity index (χ2n) is 6.93. The minimum atomic E-state index is -5.12. The number of halogens is 4. The number of carbonyl (C=O) groups excluding carboxylic acids is 2. The van der Waals surface area contributed by atoms with Gasteiger partial charge < -0.3 is 10.2 Å². The normalized spacial score (nSPS) is 15.9. The zero-order valence-electron chi connectivity index (χ0n) is 15.4. The molecule has 1 heterocycles. The number of nitrogens with zero attached hydrogens (tertiary/aromatic N) is 1. The van der Waals surface area contributed by atoms with Gasteiger partial charge in [-0.25, -0.2) is 0 Å². The van der Waals surface area contributed by atoms with Crippen molar-refractivity contribution < 1.29 is 22.8 Å². The third-order valence-corrected chi connectivity index (χ3v) is 6.17. The van der Waals surface area contributed by atoms with Crippen LogP contribution in [-0.4, -0.2) is 28.9 Å². The Morgan fingerprint density at radius 1 is 1.17 bits per heavy atom. The lowest BCUT2D eigenvalue weighted by Gasteiger charge is -2.32. The van der Waals surface area contributed by atoms with Crippen LogP contribution in [0.2, 0.25) is 5.02 Å². The van der Waals surface area contributed by atoms with Crippen molar-refractivity contribution in [1.82, 2.24) is 10.2 Å². The summed E-state index contributed by atoms with van der Waals surface area (Å²) >= 11 is 7.25. The summed E-state index contributed by atoms with van der Waals surface area (Å²) in [5.41, 5.74) is 0.335. The highest BCUT2D eigenvalue weighted by Crippen LogP contribution is 2.33. The number of amides is 2. The Bertz CT molecular complexity index is 852. The van der Waals surface area contributed by atoms with Crippen LogP contribution >= 0.6 is 22.9 Å². The smallest absolute Gasteiger partial charge is 0.351 e. The summed E-state index contributed by atoms with van der Waals surface area (Å²) in [4.78, 5) is 26.3. The van der Waals surface area contributed by atoms with E-state index in [4.69, 9.17) is 11.6 Å². The van der Waals surface area contributed by atoms with Gasteiger partial charge >= 0.3 is 12.1 Å². The monoisotopic (exact) mass is 444 g/mol. The average Bonchev–Trinajstić information content (AvgIpc) is 3.35. The number of rotatable bonds is 6. The zero-order valence-corrected chi connectivity index (χ0v) is 17.0. The number of thiophene rings is 1. The average molecular weight is 445 g/mol. The third-order valence-electron chi connectivity index (χ3n) is 4.88. The molecule has 1 atom stereocenters. The van der Waals surface area contributed by atoms with E-state index >= 15 is 0 Å². The molecule has 4 nitrogen and oxygen atoms in total. The molecular weight excluding hydrogens is 425 g/mol. The summed E-state index contributed by atoms with van der Waals surface area (Å²) < 4.78 is 40.3. The van der Waals surface area contributed by atoms with Gasteiger partial charge in [0.1, 0.15) is 6.04 Å². The summed E-state index contributed by atoms with van der Waals surface area (Å²) in [5, 5.41) is 4.72. The number of benzene rings is 1. The molecule has 0 radical (unpaired) electrons. The van der Waals surface area contributed by atoms with Crippen LogP contribution in [0.3, 0.4) is 0 Å². The van der Waals surface area contributed by atoms with Crippen molar-refractivity contribution in [2.45, 2.75) is 50.5 Å². The summed E-state index contributed by atoms with van der Waals surface area (Å²) in [5.74, 6) is -2.68. The summed E-state index contributed by atoms with van der Waals surface area (Å²) in [6.45, 7) is -0.432. The number of carbonyl (C=O) groups is 2. The van der Waals surface area contributed by atoms with Gasteiger partial charge in [-0.2, -0.15) is 13.2 Å². The van der Waals surface area contributed by atoms with Crippen molar-refractivity contribution in [1.29, 1.82) is 0 Å². The molecule has 1 aliphatic rings. The SMILES string of the molecule is O=C(NC1CCCC1)[C@H](c1cccs1)N(Cc1ccccc1Cl)C(=O)C(F)(F)F. The lowest BCUT2D eigenvalue weighted by molar-refractivity contribution is -0.189. The molecule has 3 rings (SSSR count). The van der Waals surface area contributed by atoms with Gasteiger partial charge in [0, 0.05) is 22.5 Å². The minimum absolute atomic E-state index is 0.0897. The lowest BCUT2D eigenvalue weighted by Crippen LogP contribution is -2.49. The predicted molar refractivity (Wildman–Crippen MR) is 106 cm³/mol. The topological polar surface area (TPSA) is 49.4 Å². The number of alkyl halides is 3. The van der Waals surface area contributed by atoms with E-state index in [-0.39, 0.29) is 11.1 Å². The standard InChI is InChI=1S/C20H20ClF3N2O2S/c21-15-9-4-1-6-13(15)12-26(19(28)20(22,23)24)17(16-10-5-11-29-16)18(27)25-14-7-2-3-8-14/h1,4-6,9-11,14,17H,2-3,7-8,12H2,(H,25,27)/t17-/m0/s1. The van der Waals surface area contributed by atoms with Crippen LogP contribution in [0.1, 0.15) is 42.2 Å². The van der Waals surface area contributed by atoms with Crippen LogP contribution in [-0.2, 0) is 16.1 Å². The minimum Gasteiger partial charge on any atom is -0.351 e. The summed E-state index contributed by atoms with van der Waals surface area (Å²) in [6.07, 6.45) is -1.65. The molecule has 0 saturated heterocycles. The Balaban J connectivity index is 1.98. The highest BCUT2D eigenvalue weighted by molar-refractivity contribution is 7.10. The fourth-order valence-corrected chi connectivity index (χ4v) is 4.50.